The number of nitrogens with one attached hydrogen (secondary N) is 2. The maximum atomic E-state index is 14.3. The van der Waals surface area contributed by atoms with E-state index in [1.807, 2.05) is 20.8 Å². The molecule has 0 aliphatic carbocycles. The van der Waals surface area contributed by atoms with Gasteiger partial charge >= 0.3 is 23.6 Å². The molecule has 0 atom stereocenters. The van der Waals surface area contributed by atoms with Crippen LogP contribution in [0, 0.1) is 5.82 Å². The van der Waals surface area contributed by atoms with Crippen molar-refractivity contribution in [3.05, 3.63) is 54.0 Å². The predicted molar refractivity (Wildman–Crippen MR) is 228 cm³/mol. The number of alkyl halides is 5. The van der Waals surface area contributed by atoms with Crippen molar-refractivity contribution in [1.82, 2.24) is 34.1 Å². The number of aromatic nitrogens is 7. The standard InChI is InChI=1S/C15H15ClFN3O3S2.C12H14F5N3O4S.C8H14ClN5/c1-23-13(21)8-24-12-7-11(10(17)6-9(12)16)18-14-19-4-2-3-5-20(19)15(22)25-14;1-11(2)4-7(19-24-11)25(21,22)5-6-8(12(15,16)17)18-20(3)9(6)23-10(13)14;1-4-10-7-12-6(9)13-8(14-7)11-5(2)3/h6-7H,2-5,8H2,1H3;10H,4-5H2,1-3H3;5H,4H2,1-3H3,(H2,10,11,12,13,14). The highest BCUT2D eigenvalue weighted by molar-refractivity contribution is 8.05. The zero-order chi connectivity index (χ0) is 47.7. The number of oxime groups is 1. The Morgan fingerprint density at radius 3 is 2.34 bits per heavy atom. The number of methoxy groups -OCH3 is 1. The molecule has 354 valence electrons. The molecule has 0 radical (unpaired) electrons. The number of benzene rings is 1. The Kier molecular flexibility index (Phi) is 17.9. The molecule has 29 heteroatoms. The topological polar surface area (TPSA) is 211 Å². The molecule has 0 spiro atoms. The lowest BCUT2D eigenvalue weighted by atomic mass is 10.1. The van der Waals surface area contributed by atoms with Gasteiger partial charge in [-0.15, -0.1) is 11.8 Å². The van der Waals surface area contributed by atoms with Gasteiger partial charge < -0.3 is 24.9 Å². The normalized spacial score (nSPS) is 14.8. The molecule has 0 saturated heterocycles. The first-order valence-corrected chi connectivity index (χ1v) is 23.1. The average molecular weight is 1010 g/mol. The molecule has 0 bridgehead atoms. The summed E-state index contributed by atoms with van der Waals surface area (Å²) in [4.78, 5) is 45.4. The van der Waals surface area contributed by atoms with Crippen LogP contribution in [0.5, 0.6) is 5.88 Å². The number of carbonyl (C=O) groups excluding carboxylic acids is 1. The molecule has 0 saturated carbocycles. The second-order valence-corrected chi connectivity index (χ2v) is 19.0. The molecule has 0 fully saturated rings. The Hall–Kier alpha value is -4.60. The molecule has 6 rings (SSSR count). The van der Waals surface area contributed by atoms with Crippen LogP contribution in [0.25, 0.3) is 0 Å². The minimum atomic E-state index is -5.06. The summed E-state index contributed by atoms with van der Waals surface area (Å²) in [5.41, 5.74) is -3.48. The van der Waals surface area contributed by atoms with E-state index in [0.717, 1.165) is 55.6 Å². The first kappa shape index (κ1) is 52.0. The number of hydrogen-bond acceptors (Lipinski definition) is 17. The summed E-state index contributed by atoms with van der Waals surface area (Å²) >= 11 is 13.9. The molecule has 2 aliphatic heterocycles. The van der Waals surface area contributed by atoms with E-state index in [2.05, 4.69) is 50.3 Å². The fraction of sp³-hybridized carbons (Fsp3) is 0.543. The third kappa shape index (κ3) is 14.5. The van der Waals surface area contributed by atoms with E-state index in [0.29, 0.717) is 39.4 Å². The minimum absolute atomic E-state index is 0.0605. The summed E-state index contributed by atoms with van der Waals surface area (Å²) in [7, 11) is -2.14. The van der Waals surface area contributed by atoms with Crippen LogP contribution in [0.1, 0.15) is 65.1 Å². The van der Waals surface area contributed by atoms with E-state index in [-0.39, 0.29) is 39.1 Å². The minimum Gasteiger partial charge on any atom is -0.468 e. The van der Waals surface area contributed by atoms with Crippen molar-refractivity contribution in [2.24, 2.45) is 17.2 Å². The van der Waals surface area contributed by atoms with Crippen LogP contribution in [0.3, 0.4) is 0 Å². The summed E-state index contributed by atoms with van der Waals surface area (Å²) < 4.78 is 116. The number of fused-ring (bicyclic) bond motifs is 1. The van der Waals surface area contributed by atoms with Gasteiger partial charge in [0.25, 0.3) is 0 Å². The van der Waals surface area contributed by atoms with Crippen LogP contribution >= 0.6 is 46.3 Å². The van der Waals surface area contributed by atoms with E-state index in [1.54, 1.807) is 9.36 Å². The Morgan fingerprint density at radius 1 is 1.11 bits per heavy atom. The zero-order valence-electron chi connectivity index (χ0n) is 35.1. The second kappa shape index (κ2) is 22.1. The van der Waals surface area contributed by atoms with Crippen molar-refractivity contribution < 1.29 is 53.9 Å². The first-order chi connectivity index (χ1) is 29.8. The Bertz CT molecular complexity index is 2570. The summed E-state index contributed by atoms with van der Waals surface area (Å²) in [5.74, 6) is -2.17. The maximum absolute atomic E-state index is 14.3. The van der Waals surface area contributed by atoms with Crippen LogP contribution in [0.4, 0.5) is 43.9 Å². The van der Waals surface area contributed by atoms with E-state index in [1.165, 1.54) is 27.0 Å². The van der Waals surface area contributed by atoms with Crippen LogP contribution in [-0.4, -0.2) is 91.2 Å². The van der Waals surface area contributed by atoms with E-state index in [9.17, 15) is 44.3 Å². The molecular weight excluding hydrogens is 968 g/mol. The number of carbonyl (C=O) groups is 1. The highest BCUT2D eigenvalue weighted by atomic mass is 35.5. The van der Waals surface area contributed by atoms with Gasteiger partial charge in [0, 0.05) is 44.0 Å². The SMILES string of the molecule is CCNc1nc(Cl)nc(NC(C)C)n1.COC(=O)CSc1cc(N=c2sc(=O)n3n2CCCC3)c(F)cc1Cl.Cn1nc(C(F)(F)F)c(CS(=O)(=O)C2=NOC(C)(C)C2)c1OC(F)F. The summed E-state index contributed by atoms with van der Waals surface area (Å²) in [6.45, 7) is 7.67. The number of aryl methyl sites for hydroxylation is 1. The number of halogens is 8. The van der Waals surface area contributed by atoms with Crippen LogP contribution in [-0.2, 0) is 56.3 Å². The molecule has 0 amide bonds. The second-order valence-electron chi connectivity index (χ2n) is 14.3. The van der Waals surface area contributed by atoms with Gasteiger partial charge in [-0.25, -0.2) is 27.2 Å². The fourth-order valence-electron chi connectivity index (χ4n) is 5.53. The molecule has 4 aromatic rings. The Balaban J connectivity index is 0.000000220. The van der Waals surface area contributed by atoms with Crippen molar-refractivity contribution in [1.29, 1.82) is 0 Å². The number of ether oxygens (including phenoxy) is 2. The van der Waals surface area contributed by atoms with Crippen LogP contribution in [0.15, 0.2) is 32.0 Å². The predicted octanol–water partition coefficient (Wildman–Crippen LogP) is 7.04. The first-order valence-electron chi connectivity index (χ1n) is 18.9. The number of anilines is 2. The molecule has 18 nitrogen and oxygen atoms in total. The van der Waals surface area contributed by atoms with Gasteiger partial charge in [0.15, 0.2) is 20.6 Å². The monoisotopic (exact) mass is 1010 g/mol. The van der Waals surface area contributed by atoms with Gasteiger partial charge in [-0.05, 0) is 82.5 Å². The molecule has 5 heterocycles. The summed E-state index contributed by atoms with van der Waals surface area (Å²) in [6, 6.07) is 2.91. The van der Waals surface area contributed by atoms with Crippen molar-refractivity contribution in [2.45, 2.75) is 102 Å². The van der Waals surface area contributed by atoms with Crippen molar-refractivity contribution in [3.63, 3.8) is 0 Å². The molecular formula is C35H43Cl2F6N11O7S3. The molecule has 0 unspecified atom stereocenters. The van der Waals surface area contributed by atoms with Gasteiger partial charge in [0.1, 0.15) is 17.1 Å². The van der Waals surface area contributed by atoms with Crippen LogP contribution in [0.2, 0.25) is 10.3 Å². The van der Waals surface area contributed by atoms with Crippen molar-refractivity contribution in [3.8, 4) is 5.88 Å². The zero-order valence-corrected chi connectivity index (χ0v) is 39.1. The quantitative estimate of drug-likeness (QED) is 0.0829. The molecule has 2 aliphatic rings. The molecule has 64 heavy (non-hydrogen) atoms. The molecule has 2 N–H and O–H groups in total. The lowest BCUT2D eigenvalue weighted by Crippen LogP contribution is -2.31. The number of thioether (sulfide) groups is 1. The molecule has 3 aromatic heterocycles. The smallest absolute Gasteiger partial charge is 0.435 e. The highest BCUT2D eigenvalue weighted by Gasteiger charge is 2.43. The van der Waals surface area contributed by atoms with E-state index in [4.69, 9.17) is 28.0 Å². The van der Waals surface area contributed by atoms with E-state index < -0.39 is 67.9 Å². The third-order valence-corrected chi connectivity index (χ3v) is 12.4. The van der Waals surface area contributed by atoms with Crippen LogP contribution < -0.4 is 25.0 Å². The van der Waals surface area contributed by atoms with Gasteiger partial charge in [-0.2, -0.15) is 42.0 Å². The largest absolute Gasteiger partial charge is 0.468 e. The van der Waals surface area contributed by atoms with Crippen molar-refractivity contribution >= 4 is 84.7 Å². The highest BCUT2D eigenvalue weighted by Crippen LogP contribution is 2.38. The number of hydrogen-bond donors (Lipinski definition) is 2. The van der Waals surface area contributed by atoms with Gasteiger partial charge in [0.2, 0.25) is 27.9 Å². The Labute approximate surface area is 380 Å². The van der Waals surface area contributed by atoms with Gasteiger partial charge in [-0.3, -0.25) is 14.3 Å². The molecule has 1 aromatic carbocycles. The number of nitrogens with zero attached hydrogens (tertiary/aromatic N) is 9. The number of rotatable bonds is 12. The summed E-state index contributed by atoms with van der Waals surface area (Å²) in [5, 5.41) is 12.4. The maximum Gasteiger partial charge on any atom is 0.435 e. The van der Waals surface area contributed by atoms with Gasteiger partial charge in [-0.1, -0.05) is 16.8 Å². The third-order valence-electron chi connectivity index (χ3n) is 8.26. The fourth-order valence-corrected chi connectivity index (χ4v) is 9.20. The average Bonchev–Trinajstić information content (AvgIpc) is 3.83. The number of sulfone groups is 1. The number of esters is 1. The summed E-state index contributed by atoms with van der Waals surface area (Å²) in [6.07, 6.45) is -3.33. The Morgan fingerprint density at radius 2 is 1.77 bits per heavy atom. The van der Waals surface area contributed by atoms with Gasteiger partial charge in [0.05, 0.1) is 29.2 Å². The van der Waals surface area contributed by atoms with Crippen molar-refractivity contribution in [2.75, 3.05) is 30.0 Å². The lowest BCUT2D eigenvalue weighted by molar-refractivity contribution is -0.142. The lowest BCUT2D eigenvalue weighted by Gasteiger charge is -2.15. The van der Waals surface area contributed by atoms with E-state index >= 15 is 0 Å².